The van der Waals surface area contributed by atoms with E-state index in [9.17, 15) is 9.59 Å². The van der Waals surface area contributed by atoms with Crippen molar-refractivity contribution in [2.45, 2.75) is 0 Å². The van der Waals surface area contributed by atoms with Crippen LogP contribution >= 0.6 is 0 Å². The summed E-state index contributed by atoms with van der Waals surface area (Å²) in [5.74, 6) is -0.390. The van der Waals surface area contributed by atoms with Gasteiger partial charge in [-0.2, -0.15) is 4.99 Å². The summed E-state index contributed by atoms with van der Waals surface area (Å²) >= 11 is 0. The molecule has 2 aliphatic rings. The fourth-order valence-electron chi connectivity index (χ4n) is 1.82. The lowest BCUT2D eigenvalue weighted by atomic mass is 10.3. The average molecular weight is 268 g/mol. The minimum Gasteiger partial charge on any atom is -0.339 e. The molecule has 0 atom stereocenters. The van der Waals surface area contributed by atoms with Crippen LogP contribution in [0.1, 0.15) is 5.82 Å². The number of fused-ring (bicyclic) bond motifs is 2. The zero-order chi connectivity index (χ0) is 13.7. The minimum absolute atomic E-state index is 0.0231. The number of imidazole rings is 1. The van der Waals surface area contributed by atoms with E-state index < -0.39 is 11.5 Å². The van der Waals surface area contributed by atoms with Crippen molar-refractivity contribution >= 4 is 40.8 Å². The number of nitrogens with zero attached hydrogens (tertiary/aromatic N) is 6. The van der Waals surface area contributed by atoms with Crippen LogP contribution in [0.25, 0.3) is 11.2 Å². The Morgan fingerprint density at radius 2 is 2.00 bits per heavy atom. The number of hydrogen-bond donors (Lipinski definition) is 2. The van der Waals surface area contributed by atoms with Crippen LogP contribution in [0, 0.1) is 0 Å². The molecule has 0 fully saturated rings. The summed E-state index contributed by atoms with van der Waals surface area (Å²) in [5, 5.41) is 0. The van der Waals surface area contributed by atoms with E-state index in [4.69, 9.17) is 0 Å². The predicted molar refractivity (Wildman–Crippen MR) is 69.4 cm³/mol. The number of carbonyl (C=O) groups excluding carboxylic acids is 1. The van der Waals surface area contributed by atoms with Crippen molar-refractivity contribution < 1.29 is 4.79 Å². The molecule has 10 nitrogen and oxygen atoms in total. The van der Waals surface area contributed by atoms with Crippen molar-refractivity contribution in [3.8, 4) is 0 Å². The Morgan fingerprint density at radius 1 is 1.10 bits per heavy atom. The predicted octanol–water partition coefficient (Wildman–Crippen LogP) is -1.19. The molecular weight excluding hydrogens is 264 g/mol. The highest BCUT2D eigenvalue weighted by Crippen LogP contribution is 2.09. The largest absolute Gasteiger partial charge is 0.339 e. The second-order valence-electron chi connectivity index (χ2n) is 3.91. The first-order valence-electron chi connectivity index (χ1n) is 5.48. The molecule has 2 N–H and O–H groups in total. The minimum atomic E-state index is -0.577. The maximum absolute atomic E-state index is 11.8. The smallest absolute Gasteiger partial charge is 0.301 e. The topological polar surface area (TPSA) is 141 Å². The second kappa shape index (κ2) is 3.60. The van der Waals surface area contributed by atoms with E-state index in [1.165, 1.54) is 12.7 Å². The standard InChI is InChI=1S/C10H4N8O2/c19-9-3-5(13-1-11-3)15-7(17-9)8-16-6-4(10(20)18-8)12-2-14-6/h1-2H,(H2,11,13,15,17,19). The number of carbonyl (C=O) groups is 1. The Labute approximate surface area is 109 Å². The third kappa shape index (κ3) is 1.38. The van der Waals surface area contributed by atoms with Gasteiger partial charge in [-0.05, 0) is 0 Å². The zero-order valence-electron chi connectivity index (χ0n) is 9.65. The second-order valence-corrected chi connectivity index (χ2v) is 3.91. The Balaban J connectivity index is 1.92. The van der Waals surface area contributed by atoms with E-state index in [2.05, 4.69) is 39.9 Å². The van der Waals surface area contributed by atoms with Gasteiger partial charge in [-0.1, -0.05) is 0 Å². The molecule has 2 aromatic heterocycles. The molecule has 1 amide bonds. The van der Waals surface area contributed by atoms with Crippen LogP contribution in [0.3, 0.4) is 0 Å². The van der Waals surface area contributed by atoms with E-state index >= 15 is 0 Å². The summed E-state index contributed by atoms with van der Waals surface area (Å²) in [5.41, 5.74) is 0.114. The third-order valence-electron chi connectivity index (χ3n) is 2.71. The van der Waals surface area contributed by atoms with Crippen LogP contribution in [0.5, 0.6) is 0 Å². The van der Waals surface area contributed by atoms with E-state index in [-0.39, 0.29) is 34.4 Å². The molecule has 2 aromatic rings. The molecule has 96 valence electrons. The van der Waals surface area contributed by atoms with E-state index in [1.807, 2.05) is 0 Å². The molecule has 0 aliphatic carbocycles. The van der Waals surface area contributed by atoms with Crippen molar-refractivity contribution in [1.82, 2.24) is 19.9 Å². The van der Waals surface area contributed by atoms with Gasteiger partial charge in [0.15, 0.2) is 28.5 Å². The molecule has 0 spiro atoms. The summed E-state index contributed by atoms with van der Waals surface area (Å²) in [4.78, 5) is 52.0. The van der Waals surface area contributed by atoms with Crippen molar-refractivity contribution in [1.29, 1.82) is 0 Å². The van der Waals surface area contributed by atoms with Gasteiger partial charge in [-0.25, -0.2) is 24.9 Å². The maximum Gasteiger partial charge on any atom is 0.301 e. The van der Waals surface area contributed by atoms with Crippen LogP contribution in [0.4, 0.5) is 0 Å². The average Bonchev–Trinajstić information content (AvgIpc) is 3.06. The molecule has 0 radical (unpaired) electrons. The van der Waals surface area contributed by atoms with E-state index in [0.717, 1.165) is 0 Å². The third-order valence-corrected chi connectivity index (χ3v) is 2.71. The molecule has 4 rings (SSSR count). The van der Waals surface area contributed by atoms with Gasteiger partial charge in [-0.15, -0.1) is 0 Å². The van der Waals surface area contributed by atoms with Crippen LogP contribution in [-0.4, -0.2) is 49.6 Å². The summed E-state index contributed by atoms with van der Waals surface area (Å²) < 4.78 is 0. The van der Waals surface area contributed by atoms with Gasteiger partial charge < -0.3 is 9.97 Å². The van der Waals surface area contributed by atoms with Gasteiger partial charge >= 0.3 is 5.91 Å². The number of aliphatic imine (C=N–C) groups is 4. The van der Waals surface area contributed by atoms with Crippen molar-refractivity contribution in [2.24, 2.45) is 20.0 Å². The Kier molecular flexibility index (Phi) is 1.91. The highest BCUT2D eigenvalue weighted by molar-refractivity contribution is 6.71. The first-order chi connectivity index (χ1) is 9.72. The molecular formula is C10H4N8O2. The van der Waals surface area contributed by atoms with Gasteiger partial charge in [0.1, 0.15) is 6.34 Å². The fourth-order valence-corrected chi connectivity index (χ4v) is 1.82. The van der Waals surface area contributed by atoms with Crippen molar-refractivity contribution in [2.75, 3.05) is 0 Å². The van der Waals surface area contributed by atoms with Gasteiger partial charge in [0, 0.05) is 0 Å². The molecule has 10 heteroatoms. The number of aromatic nitrogens is 4. The monoisotopic (exact) mass is 268 g/mol. The highest BCUT2D eigenvalue weighted by Gasteiger charge is 2.27. The summed E-state index contributed by atoms with van der Waals surface area (Å²) in [6, 6.07) is 0. The number of amides is 1. The van der Waals surface area contributed by atoms with Crippen molar-refractivity contribution in [3.05, 3.63) is 22.5 Å². The lowest BCUT2D eigenvalue weighted by Crippen LogP contribution is -2.27. The molecule has 0 bridgehead atoms. The normalized spacial score (nSPS) is 17.0. The maximum atomic E-state index is 11.8. The summed E-state index contributed by atoms with van der Waals surface area (Å²) in [6.07, 6.45) is 2.57. The zero-order valence-corrected chi connectivity index (χ0v) is 9.65. The van der Waals surface area contributed by atoms with Crippen LogP contribution in [0.15, 0.2) is 31.1 Å². The number of H-pyrrole nitrogens is 2. The first kappa shape index (κ1) is 10.6. The van der Waals surface area contributed by atoms with E-state index in [1.54, 1.807) is 0 Å². The molecule has 20 heavy (non-hydrogen) atoms. The lowest BCUT2D eigenvalue weighted by Gasteiger charge is -2.06. The van der Waals surface area contributed by atoms with Crippen molar-refractivity contribution in [3.63, 3.8) is 0 Å². The Hall–Kier alpha value is -3.30. The van der Waals surface area contributed by atoms with Crippen LogP contribution in [0.2, 0.25) is 0 Å². The Morgan fingerprint density at radius 3 is 2.90 bits per heavy atom. The molecule has 0 saturated heterocycles. The quantitative estimate of drug-likeness (QED) is 0.670. The fraction of sp³-hybridized carbons (Fsp3) is 0. The lowest BCUT2D eigenvalue weighted by molar-refractivity contribution is -0.111. The Bertz CT molecular complexity index is 942. The molecule has 4 heterocycles. The number of nitrogens with one attached hydrogen (secondary N) is 2. The van der Waals surface area contributed by atoms with Gasteiger partial charge in [0.05, 0.1) is 6.33 Å². The van der Waals surface area contributed by atoms with Crippen LogP contribution in [-0.2, 0) is 4.79 Å². The number of rotatable bonds is 1. The highest BCUT2D eigenvalue weighted by atomic mass is 16.1. The van der Waals surface area contributed by atoms with E-state index in [0.29, 0.717) is 0 Å². The molecule has 0 saturated carbocycles. The number of hydrogen-bond acceptors (Lipinski definition) is 7. The summed E-state index contributed by atoms with van der Waals surface area (Å²) in [7, 11) is 0. The number of aromatic amines is 2. The summed E-state index contributed by atoms with van der Waals surface area (Å²) in [6.45, 7) is 0. The molecule has 0 unspecified atom stereocenters. The SMILES string of the molecule is O=C1N=C(c2nc3nc[nH]c3c(=O)[nH]2)N=C2N=CN=C12. The number of amidine groups is 2. The van der Waals surface area contributed by atoms with Gasteiger partial charge in [0.2, 0.25) is 5.84 Å². The van der Waals surface area contributed by atoms with Gasteiger partial charge in [-0.3, -0.25) is 9.59 Å². The molecule has 2 aliphatic heterocycles. The van der Waals surface area contributed by atoms with Gasteiger partial charge in [0.25, 0.3) is 5.56 Å². The molecule has 0 aromatic carbocycles. The van der Waals surface area contributed by atoms with Crippen LogP contribution < -0.4 is 5.56 Å². The first-order valence-corrected chi connectivity index (χ1v) is 5.48.